The quantitative estimate of drug-likeness (QED) is 0.167. The summed E-state index contributed by atoms with van der Waals surface area (Å²) in [5, 5.41) is 8.86. The van der Waals surface area contributed by atoms with Crippen LogP contribution in [0.5, 0.6) is 0 Å². The van der Waals surface area contributed by atoms with E-state index in [1.807, 2.05) is 0 Å². The van der Waals surface area contributed by atoms with Crippen molar-refractivity contribution in [1.82, 2.24) is 0 Å². The molecule has 0 atom stereocenters. The molecule has 0 spiro atoms. The molecule has 0 aromatic rings. The molecule has 0 saturated carbocycles. The van der Waals surface area contributed by atoms with Crippen LogP contribution in [0.15, 0.2) is 0 Å². The average molecular weight is 449 g/mol. The fourth-order valence-electron chi connectivity index (χ4n) is 3.26. The molecular formula is C21H46O2Sn. The molecule has 0 amide bonds. The predicted octanol–water partition coefficient (Wildman–Crippen LogP) is 6.61. The summed E-state index contributed by atoms with van der Waals surface area (Å²) in [6.07, 6.45) is 20.2. The van der Waals surface area contributed by atoms with Gasteiger partial charge in [-0.3, -0.25) is 0 Å². The topological polar surface area (TPSA) is 29.5 Å². The Balaban J connectivity index is 3.74. The van der Waals surface area contributed by atoms with Gasteiger partial charge in [-0.05, 0) is 0 Å². The van der Waals surface area contributed by atoms with E-state index < -0.39 is 20.2 Å². The van der Waals surface area contributed by atoms with E-state index in [-0.39, 0.29) is 0 Å². The second-order valence-electron chi connectivity index (χ2n) is 7.39. The van der Waals surface area contributed by atoms with Crippen molar-refractivity contribution in [2.24, 2.45) is 0 Å². The number of rotatable bonds is 20. The summed E-state index contributed by atoms with van der Waals surface area (Å²) in [4.78, 5) is 0. The zero-order valence-corrected chi connectivity index (χ0v) is 20.2. The molecule has 3 heteroatoms. The molecule has 0 radical (unpaired) electrons. The number of hydrogen-bond donors (Lipinski definition) is 1. The first-order valence-electron chi connectivity index (χ1n) is 11.1. The van der Waals surface area contributed by atoms with E-state index in [0.717, 1.165) is 25.9 Å². The number of hydrogen-bond acceptors (Lipinski definition) is 2. The van der Waals surface area contributed by atoms with Crippen LogP contribution in [-0.4, -0.2) is 38.5 Å². The first-order valence-corrected chi connectivity index (χ1v) is 17.1. The Hall–Kier alpha value is 0.719. The molecule has 0 unspecified atom stereocenters. The molecule has 0 fully saturated rings. The van der Waals surface area contributed by atoms with Gasteiger partial charge in [0, 0.05) is 0 Å². The van der Waals surface area contributed by atoms with Crippen molar-refractivity contribution in [3.05, 3.63) is 0 Å². The Kier molecular flexibility index (Phi) is 22.4. The Morgan fingerprint density at radius 2 is 1.04 bits per heavy atom. The molecule has 0 saturated heterocycles. The van der Waals surface area contributed by atoms with Crippen molar-refractivity contribution in [1.29, 1.82) is 0 Å². The van der Waals surface area contributed by atoms with Gasteiger partial charge in [0.15, 0.2) is 0 Å². The second kappa shape index (κ2) is 21.8. The van der Waals surface area contributed by atoms with Crippen LogP contribution in [0, 0.1) is 0 Å². The molecule has 2 nitrogen and oxygen atoms in total. The fourth-order valence-corrected chi connectivity index (χ4v) is 10.7. The first kappa shape index (κ1) is 24.7. The van der Waals surface area contributed by atoms with Gasteiger partial charge >= 0.3 is 161 Å². The minimum absolute atomic E-state index is 0.336. The van der Waals surface area contributed by atoms with Crippen molar-refractivity contribution in [3.8, 4) is 0 Å². The SMILES string of the molecule is CCCCCCC[CH2][SnH]([CH2]CCCCCCC)[O]CCCCCO. The van der Waals surface area contributed by atoms with E-state index in [4.69, 9.17) is 8.18 Å². The van der Waals surface area contributed by atoms with Crippen molar-refractivity contribution in [3.63, 3.8) is 0 Å². The zero-order valence-electron chi connectivity index (χ0n) is 16.9. The monoisotopic (exact) mass is 450 g/mol. The summed E-state index contributed by atoms with van der Waals surface area (Å²) in [7, 11) is 0. The van der Waals surface area contributed by atoms with Gasteiger partial charge < -0.3 is 0 Å². The third kappa shape index (κ3) is 19.0. The van der Waals surface area contributed by atoms with Crippen molar-refractivity contribution >= 4 is 20.2 Å². The average Bonchev–Trinajstić information content (AvgIpc) is 2.60. The second-order valence-corrected chi connectivity index (χ2v) is 15.2. The van der Waals surface area contributed by atoms with Crippen molar-refractivity contribution < 1.29 is 8.18 Å². The fraction of sp³-hybridized carbons (Fsp3) is 1.00. The number of unbranched alkanes of at least 4 members (excludes halogenated alkanes) is 12. The summed E-state index contributed by atoms with van der Waals surface area (Å²) < 4.78 is 9.29. The van der Waals surface area contributed by atoms with Gasteiger partial charge in [-0.15, -0.1) is 0 Å². The molecule has 0 rings (SSSR count). The Labute approximate surface area is 160 Å². The van der Waals surface area contributed by atoms with Gasteiger partial charge in [0.1, 0.15) is 0 Å². The summed E-state index contributed by atoms with van der Waals surface area (Å²) in [6, 6.07) is 0. The van der Waals surface area contributed by atoms with Gasteiger partial charge in [0.05, 0.1) is 0 Å². The predicted molar refractivity (Wildman–Crippen MR) is 110 cm³/mol. The number of aliphatic hydroxyl groups is 1. The molecular weight excluding hydrogens is 403 g/mol. The Morgan fingerprint density at radius 3 is 1.54 bits per heavy atom. The molecule has 146 valence electrons. The van der Waals surface area contributed by atoms with Gasteiger partial charge in [-0.2, -0.15) is 0 Å². The van der Waals surface area contributed by atoms with E-state index in [0.29, 0.717) is 6.61 Å². The van der Waals surface area contributed by atoms with Crippen LogP contribution >= 0.6 is 0 Å². The minimum atomic E-state index is -1.71. The van der Waals surface area contributed by atoms with E-state index >= 15 is 0 Å². The van der Waals surface area contributed by atoms with Crippen LogP contribution < -0.4 is 0 Å². The molecule has 0 aromatic heterocycles. The van der Waals surface area contributed by atoms with E-state index in [1.165, 1.54) is 85.9 Å². The molecule has 0 aliphatic heterocycles. The number of aliphatic hydroxyl groups excluding tert-OH is 1. The Morgan fingerprint density at radius 1 is 0.583 bits per heavy atom. The van der Waals surface area contributed by atoms with Gasteiger partial charge in [0.25, 0.3) is 0 Å². The van der Waals surface area contributed by atoms with Crippen LogP contribution in [0.3, 0.4) is 0 Å². The van der Waals surface area contributed by atoms with Crippen LogP contribution in [-0.2, 0) is 3.07 Å². The summed E-state index contributed by atoms with van der Waals surface area (Å²) in [5.74, 6) is 0. The molecule has 0 heterocycles. The molecule has 0 bridgehead atoms. The first-order chi connectivity index (χ1) is 11.8. The molecule has 0 aromatic carbocycles. The molecule has 0 aliphatic carbocycles. The van der Waals surface area contributed by atoms with Gasteiger partial charge in [-0.1, -0.05) is 0 Å². The van der Waals surface area contributed by atoms with Gasteiger partial charge in [-0.25, -0.2) is 0 Å². The molecule has 1 N–H and O–H groups in total. The van der Waals surface area contributed by atoms with Crippen LogP contribution in [0.25, 0.3) is 0 Å². The van der Waals surface area contributed by atoms with Crippen molar-refractivity contribution in [2.45, 2.75) is 119 Å². The van der Waals surface area contributed by atoms with E-state index in [2.05, 4.69) is 13.8 Å². The normalized spacial score (nSPS) is 11.5. The zero-order chi connectivity index (χ0) is 17.7. The summed E-state index contributed by atoms with van der Waals surface area (Å²) >= 11 is -1.71. The third-order valence-electron chi connectivity index (χ3n) is 4.92. The van der Waals surface area contributed by atoms with Crippen LogP contribution in [0.1, 0.15) is 110 Å². The molecule has 0 aliphatic rings. The van der Waals surface area contributed by atoms with E-state index in [9.17, 15) is 0 Å². The molecule has 24 heavy (non-hydrogen) atoms. The third-order valence-corrected chi connectivity index (χ3v) is 12.9. The van der Waals surface area contributed by atoms with Gasteiger partial charge in [0.2, 0.25) is 0 Å². The Bertz CT molecular complexity index is 208. The van der Waals surface area contributed by atoms with Crippen LogP contribution in [0.2, 0.25) is 8.87 Å². The summed E-state index contributed by atoms with van der Waals surface area (Å²) in [5.41, 5.74) is 0. The van der Waals surface area contributed by atoms with E-state index in [1.54, 1.807) is 0 Å². The maximum atomic E-state index is 8.86. The summed E-state index contributed by atoms with van der Waals surface area (Å²) in [6.45, 7) is 5.89. The van der Waals surface area contributed by atoms with Crippen molar-refractivity contribution in [2.75, 3.05) is 13.2 Å². The standard InChI is InChI=1S/2C8H17.C5H11O2.Sn.H/c2*1-3-5-7-8-6-4-2;6-4-2-1-3-5-7;;/h2*1,3-8H2,2H3;6H,1-5H2;;/q;;-1;+1;. The maximum absolute atomic E-state index is 8.86. The van der Waals surface area contributed by atoms with Crippen LogP contribution in [0.4, 0.5) is 0 Å².